The normalized spacial score (nSPS) is 15.6. The van der Waals surface area contributed by atoms with E-state index in [2.05, 4.69) is 10.1 Å². The lowest BCUT2D eigenvalue weighted by molar-refractivity contribution is -0.385. The van der Waals surface area contributed by atoms with E-state index in [0.717, 1.165) is 6.07 Å². The summed E-state index contributed by atoms with van der Waals surface area (Å²) < 4.78 is 18.4. The van der Waals surface area contributed by atoms with E-state index in [4.69, 9.17) is 0 Å². The number of hydrogen-bond donors (Lipinski definition) is 1. The molecule has 0 aliphatic carbocycles. The number of ether oxygens (including phenoxy) is 1. The molecule has 1 aromatic rings. The molecule has 2 rings (SSSR count). The number of nitro groups is 1. The largest absolute Gasteiger partial charge is 0.453 e. The quantitative estimate of drug-likeness (QED) is 0.684. The van der Waals surface area contributed by atoms with Crippen molar-refractivity contribution in [3.05, 3.63) is 34.1 Å². The van der Waals surface area contributed by atoms with Crippen LogP contribution in [0.1, 0.15) is 12.8 Å². The minimum atomic E-state index is -0.653. The van der Waals surface area contributed by atoms with Crippen molar-refractivity contribution < 1.29 is 18.8 Å². The van der Waals surface area contributed by atoms with Crippen molar-refractivity contribution in [3.63, 3.8) is 0 Å². The molecule has 114 valence electrons. The van der Waals surface area contributed by atoms with Crippen LogP contribution in [0.3, 0.4) is 0 Å². The lowest BCUT2D eigenvalue weighted by Crippen LogP contribution is -2.42. The second kappa shape index (κ2) is 6.38. The van der Waals surface area contributed by atoms with Gasteiger partial charge in [-0.15, -0.1) is 0 Å². The summed E-state index contributed by atoms with van der Waals surface area (Å²) in [6.07, 6.45) is 0.951. The van der Waals surface area contributed by atoms with E-state index in [1.54, 1.807) is 4.90 Å². The van der Waals surface area contributed by atoms with E-state index in [1.807, 2.05) is 0 Å². The molecule has 0 bridgehead atoms. The predicted octanol–water partition coefficient (Wildman–Crippen LogP) is 2.38. The molecule has 0 radical (unpaired) electrons. The molecular weight excluding hydrogens is 281 g/mol. The van der Waals surface area contributed by atoms with Crippen LogP contribution in [0.15, 0.2) is 18.2 Å². The first-order chi connectivity index (χ1) is 10.0. The average molecular weight is 297 g/mol. The van der Waals surface area contributed by atoms with Gasteiger partial charge < -0.3 is 15.0 Å². The third kappa shape index (κ3) is 3.59. The molecule has 1 aromatic carbocycles. The highest BCUT2D eigenvalue weighted by atomic mass is 19.1. The number of nitrogens with one attached hydrogen (secondary N) is 1. The first-order valence-corrected chi connectivity index (χ1v) is 6.54. The summed E-state index contributed by atoms with van der Waals surface area (Å²) in [5.74, 6) is -0.653. The van der Waals surface area contributed by atoms with E-state index in [0.29, 0.717) is 25.9 Å². The van der Waals surface area contributed by atoms with Crippen molar-refractivity contribution in [1.82, 2.24) is 4.90 Å². The van der Waals surface area contributed by atoms with Gasteiger partial charge >= 0.3 is 6.09 Å². The van der Waals surface area contributed by atoms with Gasteiger partial charge in [-0.3, -0.25) is 10.1 Å². The van der Waals surface area contributed by atoms with Crippen LogP contribution >= 0.6 is 0 Å². The van der Waals surface area contributed by atoms with E-state index in [9.17, 15) is 19.3 Å². The number of amides is 1. The van der Waals surface area contributed by atoms with Gasteiger partial charge in [-0.2, -0.15) is 0 Å². The summed E-state index contributed by atoms with van der Waals surface area (Å²) in [6, 6.07) is 3.53. The molecule has 0 atom stereocenters. The van der Waals surface area contributed by atoms with Gasteiger partial charge in [-0.25, -0.2) is 9.18 Å². The van der Waals surface area contributed by atoms with Crippen molar-refractivity contribution in [2.24, 2.45) is 0 Å². The summed E-state index contributed by atoms with van der Waals surface area (Å²) in [5, 5.41) is 13.6. The van der Waals surface area contributed by atoms with E-state index < -0.39 is 10.7 Å². The maximum Gasteiger partial charge on any atom is 0.409 e. The molecule has 1 aliphatic rings. The van der Waals surface area contributed by atoms with Crippen LogP contribution in [0.4, 0.5) is 20.6 Å². The van der Waals surface area contributed by atoms with Gasteiger partial charge in [-0.05, 0) is 18.9 Å². The number of piperidine rings is 1. The van der Waals surface area contributed by atoms with Crippen LogP contribution < -0.4 is 5.32 Å². The summed E-state index contributed by atoms with van der Waals surface area (Å²) in [4.78, 5) is 22.8. The Kier molecular flexibility index (Phi) is 4.56. The fourth-order valence-corrected chi connectivity index (χ4v) is 2.29. The van der Waals surface area contributed by atoms with Crippen molar-refractivity contribution in [2.75, 3.05) is 25.5 Å². The van der Waals surface area contributed by atoms with Crippen molar-refractivity contribution in [2.45, 2.75) is 18.9 Å². The fraction of sp³-hybridized carbons (Fsp3) is 0.462. The number of methoxy groups -OCH3 is 1. The van der Waals surface area contributed by atoms with Crippen molar-refractivity contribution in [3.8, 4) is 0 Å². The zero-order valence-corrected chi connectivity index (χ0v) is 11.5. The lowest BCUT2D eigenvalue weighted by Gasteiger charge is -2.31. The van der Waals surface area contributed by atoms with Crippen LogP contribution in [0.2, 0.25) is 0 Å². The fourth-order valence-electron chi connectivity index (χ4n) is 2.29. The Morgan fingerprint density at radius 2 is 2.14 bits per heavy atom. The molecule has 0 saturated carbocycles. The number of nitrogens with zero attached hydrogens (tertiary/aromatic N) is 2. The average Bonchev–Trinajstić information content (AvgIpc) is 2.49. The van der Waals surface area contributed by atoms with Gasteiger partial charge in [0.2, 0.25) is 0 Å². The minimum Gasteiger partial charge on any atom is -0.453 e. The SMILES string of the molecule is COC(=O)N1CCC(Nc2ccc([N+](=O)[O-])cc2F)CC1. The molecule has 1 amide bonds. The number of rotatable bonds is 3. The zero-order valence-electron chi connectivity index (χ0n) is 11.5. The summed E-state index contributed by atoms with van der Waals surface area (Å²) in [7, 11) is 1.33. The summed E-state index contributed by atoms with van der Waals surface area (Å²) >= 11 is 0. The predicted molar refractivity (Wildman–Crippen MR) is 73.7 cm³/mol. The highest BCUT2D eigenvalue weighted by Gasteiger charge is 2.23. The Morgan fingerprint density at radius 3 is 2.67 bits per heavy atom. The maximum absolute atomic E-state index is 13.8. The van der Waals surface area contributed by atoms with E-state index in [-0.39, 0.29) is 23.5 Å². The number of hydrogen-bond acceptors (Lipinski definition) is 5. The summed E-state index contributed by atoms with van der Waals surface area (Å²) in [6.45, 7) is 1.05. The zero-order chi connectivity index (χ0) is 15.4. The monoisotopic (exact) mass is 297 g/mol. The molecule has 8 heteroatoms. The second-order valence-electron chi connectivity index (χ2n) is 4.80. The number of likely N-dealkylation sites (tertiary alicyclic amines) is 1. The van der Waals surface area contributed by atoms with Crippen molar-refractivity contribution >= 4 is 17.5 Å². The third-order valence-electron chi connectivity index (χ3n) is 3.45. The van der Waals surface area contributed by atoms with E-state index >= 15 is 0 Å². The van der Waals surface area contributed by atoms with Gasteiger partial charge in [0.05, 0.1) is 23.8 Å². The van der Waals surface area contributed by atoms with E-state index in [1.165, 1.54) is 19.2 Å². The molecule has 1 saturated heterocycles. The van der Waals surface area contributed by atoms with Crippen LogP contribution in [0.5, 0.6) is 0 Å². The van der Waals surface area contributed by atoms with Gasteiger partial charge in [0.1, 0.15) is 0 Å². The maximum atomic E-state index is 13.8. The highest BCUT2D eigenvalue weighted by Crippen LogP contribution is 2.23. The number of carbonyl (C=O) groups is 1. The molecular formula is C13H16FN3O4. The molecule has 1 fully saturated rings. The number of anilines is 1. The molecule has 0 unspecified atom stereocenters. The first kappa shape index (κ1) is 15.0. The Hall–Kier alpha value is -2.38. The lowest BCUT2D eigenvalue weighted by atomic mass is 10.0. The topological polar surface area (TPSA) is 84.7 Å². The number of carbonyl (C=O) groups excluding carboxylic acids is 1. The van der Waals surface area contributed by atoms with Crippen LogP contribution in [-0.4, -0.2) is 42.2 Å². The second-order valence-corrected chi connectivity index (χ2v) is 4.80. The van der Waals surface area contributed by atoms with Crippen LogP contribution in [0, 0.1) is 15.9 Å². The standard InChI is InChI=1S/C13H16FN3O4/c1-21-13(18)16-6-4-9(5-7-16)15-12-3-2-10(17(19)20)8-11(12)14/h2-3,8-9,15H,4-7H2,1H3. The van der Waals surface area contributed by atoms with Crippen LogP contribution in [0.25, 0.3) is 0 Å². The Labute approximate surface area is 120 Å². The number of benzene rings is 1. The van der Waals surface area contributed by atoms with Gasteiger partial charge in [-0.1, -0.05) is 0 Å². The smallest absolute Gasteiger partial charge is 0.409 e. The molecule has 1 aliphatic heterocycles. The number of non-ortho nitro benzene ring substituents is 1. The first-order valence-electron chi connectivity index (χ1n) is 6.54. The van der Waals surface area contributed by atoms with Gasteiger partial charge in [0, 0.05) is 25.2 Å². The van der Waals surface area contributed by atoms with Gasteiger partial charge in [0.15, 0.2) is 5.82 Å². The van der Waals surface area contributed by atoms with Gasteiger partial charge in [0.25, 0.3) is 5.69 Å². The molecule has 1 heterocycles. The Bertz CT molecular complexity index is 544. The third-order valence-corrected chi connectivity index (χ3v) is 3.45. The minimum absolute atomic E-state index is 0.0156. The summed E-state index contributed by atoms with van der Waals surface area (Å²) in [5.41, 5.74) is -0.0457. The van der Waals surface area contributed by atoms with Crippen LogP contribution in [-0.2, 0) is 4.74 Å². The highest BCUT2D eigenvalue weighted by molar-refractivity contribution is 5.67. The molecule has 0 aromatic heterocycles. The number of halogens is 1. The number of nitro benzene ring substituents is 1. The Balaban J connectivity index is 1.95. The van der Waals surface area contributed by atoms with Crippen molar-refractivity contribution in [1.29, 1.82) is 0 Å². The molecule has 1 N–H and O–H groups in total. The Morgan fingerprint density at radius 1 is 1.48 bits per heavy atom. The molecule has 7 nitrogen and oxygen atoms in total. The molecule has 0 spiro atoms. The molecule has 21 heavy (non-hydrogen) atoms.